The number of hydrogen-bond acceptors (Lipinski definition) is 3. The first kappa shape index (κ1) is 13.8. The zero-order chi connectivity index (χ0) is 15.0. The Hall–Kier alpha value is -1.87. The fourth-order valence-electron chi connectivity index (χ4n) is 4.15. The fraction of sp³-hybridized carbons (Fsp3) is 0.421. The van der Waals surface area contributed by atoms with Crippen LogP contribution in [0.25, 0.3) is 0 Å². The maximum Gasteiger partial charge on any atom is 0.129 e. The first-order valence-corrected chi connectivity index (χ1v) is 8.24. The van der Waals surface area contributed by atoms with Gasteiger partial charge in [-0.05, 0) is 37.9 Å². The molecule has 0 saturated carbocycles. The molecule has 2 atom stereocenters. The molecule has 1 saturated heterocycles. The summed E-state index contributed by atoms with van der Waals surface area (Å²) in [5.74, 6) is 1.10. The van der Waals surface area contributed by atoms with Crippen LogP contribution in [0.1, 0.15) is 30.9 Å². The van der Waals surface area contributed by atoms with Crippen molar-refractivity contribution in [3.8, 4) is 0 Å². The van der Waals surface area contributed by atoms with Crippen molar-refractivity contribution in [2.75, 3.05) is 18.4 Å². The van der Waals surface area contributed by atoms with E-state index in [1.165, 1.54) is 24.0 Å². The molecular weight excluding hydrogens is 270 g/mol. The number of hydrogen-bond donors (Lipinski definition) is 1. The summed E-state index contributed by atoms with van der Waals surface area (Å²) in [4.78, 5) is 7.12. The number of pyridine rings is 1. The van der Waals surface area contributed by atoms with E-state index in [1.807, 2.05) is 6.20 Å². The summed E-state index contributed by atoms with van der Waals surface area (Å²) in [6.45, 7) is 5.64. The van der Waals surface area contributed by atoms with Crippen LogP contribution in [0.5, 0.6) is 0 Å². The van der Waals surface area contributed by atoms with E-state index < -0.39 is 0 Å². The zero-order valence-corrected chi connectivity index (χ0v) is 13.1. The monoisotopic (exact) mass is 293 g/mol. The highest BCUT2D eigenvalue weighted by Gasteiger charge is 2.44. The first-order chi connectivity index (χ1) is 10.8. The standard InChI is InChI=1S/C19H23N3/c1-15-12-19(14-21-18-17(19)8-5-10-20-18)9-11-22(15)13-16-6-3-2-4-7-16/h2-8,10,15H,9,11-14H2,1H3,(H,20,21)/t15-,19?/m1/s1. The summed E-state index contributed by atoms with van der Waals surface area (Å²) < 4.78 is 0. The molecule has 0 aliphatic carbocycles. The lowest BCUT2D eigenvalue weighted by atomic mass is 9.72. The lowest BCUT2D eigenvalue weighted by molar-refractivity contribution is 0.103. The summed E-state index contributed by atoms with van der Waals surface area (Å²) in [5.41, 5.74) is 3.13. The molecule has 3 heterocycles. The molecule has 22 heavy (non-hydrogen) atoms. The predicted molar refractivity (Wildman–Crippen MR) is 90.0 cm³/mol. The van der Waals surface area contributed by atoms with E-state index in [9.17, 15) is 0 Å². The molecule has 0 amide bonds. The molecule has 1 spiro atoms. The van der Waals surface area contributed by atoms with Gasteiger partial charge < -0.3 is 5.32 Å². The lowest BCUT2D eigenvalue weighted by Gasteiger charge is -2.43. The highest BCUT2D eigenvalue weighted by Crippen LogP contribution is 2.44. The summed E-state index contributed by atoms with van der Waals surface area (Å²) in [6.07, 6.45) is 4.32. The van der Waals surface area contributed by atoms with Gasteiger partial charge in [0.2, 0.25) is 0 Å². The zero-order valence-electron chi connectivity index (χ0n) is 13.1. The van der Waals surface area contributed by atoms with Gasteiger partial charge in [-0.25, -0.2) is 4.98 Å². The Bertz CT molecular complexity index is 655. The Kier molecular flexibility index (Phi) is 3.38. The lowest BCUT2D eigenvalue weighted by Crippen LogP contribution is -2.48. The van der Waals surface area contributed by atoms with Gasteiger partial charge in [0.1, 0.15) is 5.82 Å². The average molecular weight is 293 g/mol. The molecule has 1 N–H and O–H groups in total. The van der Waals surface area contributed by atoms with Crippen LogP contribution < -0.4 is 5.32 Å². The van der Waals surface area contributed by atoms with Gasteiger partial charge in [0, 0.05) is 36.3 Å². The third-order valence-corrected chi connectivity index (χ3v) is 5.39. The quantitative estimate of drug-likeness (QED) is 0.919. The van der Waals surface area contributed by atoms with Gasteiger partial charge >= 0.3 is 0 Å². The first-order valence-electron chi connectivity index (χ1n) is 8.24. The van der Waals surface area contributed by atoms with Gasteiger partial charge in [-0.15, -0.1) is 0 Å². The highest BCUT2D eigenvalue weighted by molar-refractivity contribution is 5.55. The second-order valence-electron chi connectivity index (χ2n) is 6.79. The number of nitrogens with one attached hydrogen (secondary N) is 1. The molecule has 2 aliphatic rings. The number of aromatic nitrogens is 1. The maximum atomic E-state index is 4.50. The normalized spacial score (nSPS) is 27.6. The van der Waals surface area contributed by atoms with Gasteiger partial charge in [-0.3, -0.25) is 4.90 Å². The highest BCUT2D eigenvalue weighted by atomic mass is 15.2. The van der Waals surface area contributed by atoms with E-state index >= 15 is 0 Å². The number of nitrogens with zero attached hydrogens (tertiary/aromatic N) is 2. The van der Waals surface area contributed by atoms with Crippen molar-refractivity contribution in [1.82, 2.24) is 9.88 Å². The Morgan fingerprint density at radius 1 is 1.23 bits per heavy atom. The van der Waals surface area contributed by atoms with Crippen LogP contribution in [-0.2, 0) is 12.0 Å². The molecule has 2 aliphatic heterocycles. The van der Waals surface area contributed by atoms with Gasteiger partial charge in [-0.2, -0.15) is 0 Å². The molecule has 1 unspecified atom stereocenters. The molecule has 2 aromatic rings. The van der Waals surface area contributed by atoms with E-state index in [0.29, 0.717) is 6.04 Å². The van der Waals surface area contributed by atoms with Crippen molar-refractivity contribution in [1.29, 1.82) is 0 Å². The van der Waals surface area contributed by atoms with Crippen LogP contribution in [0.2, 0.25) is 0 Å². The number of rotatable bonds is 2. The number of anilines is 1. The smallest absolute Gasteiger partial charge is 0.129 e. The van der Waals surface area contributed by atoms with Gasteiger partial charge in [-0.1, -0.05) is 36.4 Å². The molecule has 4 rings (SSSR count). The third kappa shape index (κ3) is 2.30. The Labute approximate surface area is 132 Å². The molecule has 0 bridgehead atoms. The van der Waals surface area contributed by atoms with Crippen LogP contribution in [0.15, 0.2) is 48.7 Å². The van der Waals surface area contributed by atoms with Gasteiger partial charge in [0.25, 0.3) is 0 Å². The molecule has 0 radical (unpaired) electrons. The van der Waals surface area contributed by atoms with Crippen LogP contribution >= 0.6 is 0 Å². The van der Waals surface area contributed by atoms with Crippen LogP contribution in [0, 0.1) is 0 Å². The second kappa shape index (κ2) is 5.40. The summed E-state index contributed by atoms with van der Waals surface area (Å²) in [5, 5.41) is 3.52. The van der Waals surface area contributed by atoms with E-state index in [0.717, 1.165) is 25.5 Å². The second-order valence-corrected chi connectivity index (χ2v) is 6.79. The van der Waals surface area contributed by atoms with Crippen molar-refractivity contribution < 1.29 is 0 Å². The number of piperidine rings is 1. The fourth-order valence-corrected chi connectivity index (χ4v) is 4.15. The summed E-state index contributed by atoms with van der Waals surface area (Å²) in [7, 11) is 0. The number of likely N-dealkylation sites (tertiary alicyclic amines) is 1. The van der Waals surface area contributed by atoms with Crippen molar-refractivity contribution in [3.63, 3.8) is 0 Å². The number of fused-ring (bicyclic) bond motifs is 2. The minimum atomic E-state index is 0.288. The molecule has 1 aromatic heterocycles. The Balaban J connectivity index is 1.52. The van der Waals surface area contributed by atoms with E-state index in [4.69, 9.17) is 0 Å². The Morgan fingerprint density at radius 2 is 2.09 bits per heavy atom. The van der Waals surface area contributed by atoms with Gasteiger partial charge in [0.15, 0.2) is 0 Å². The van der Waals surface area contributed by atoms with Crippen molar-refractivity contribution in [2.24, 2.45) is 0 Å². The largest absolute Gasteiger partial charge is 0.369 e. The van der Waals surface area contributed by atoms with Gasteiger partial charge in [0.05, 0.1) is 0 Å². The van der Waals surface area contributed by atoms with E-state index in [2.05, 4.69) is 64.6 Å². The maximum absolute atomic E-state index is 4.50. The predicted octanol–water partition coefficient (Wildman–Crippen LogP) is 3.43. The van der Waals surface area contributed by atoms with Crippen molar-refractivity contribution in [2.45, 2.75) is 37.8 Å². The third-order valence-electron chi connectivity index (χ3n) is 5.39. The summed E-state index contributed by atoms with van der Waals surface area (Å²) in [6, 6.07) is 15.8. The minimum absolute atomic E-state index is 0.288. The topological polar surface area (TPSA) is 28.2 Å². The van der Waals surface area contributed by atoms with Crippen LogP contribution in [0.3, 0.4) is 0 Å². The summed E-state index contributed by atoms with van der Waals surface area (Å²) >= 11 is 0. The number of benzene rings is 1. The van der Waals surface area contributed by atoms with E-state index in [-0.39, 0.29) is 5.41 Å². The van der Waals surface area contributed by atoms with Crippen LogP contribution in [0.4, 0.5) is 5.82 Å². The average Bonchev–Trinajstić information content (AvgIpc) is 2.90. The molecular formula is C19H23N3. The van der Waals surface area contributed by atoms with E-state index in [1.54, 1.807) is 0 Å². The molecule has 3 heteroatoms. The molecule has 1 fully saturated rings. The SMILES string of the molecule is C[C@@H]1CC2(CCN1Cc1ccccc1)CNc1ncccc12. The molecule has 114 valence electrons. The van der Waals surface area contributed by atoms with Crippen LogP contribution in [-0.4, -0.2) is 29.0 Å². The molecule has 3 nitrogen and oxygen atoms in total. The molecule has 1 aromatic carbocycles. The van der Waals surface area contributed by atoms with Crippen molar-refractivity contribution >= 4 is 5.82 Å². The minimum Gasteiger partial charge on any atom is -0.369 e. The van der Waals surface area contributed by atoms with Crippen molar-refractivity contribution in [3.05, 3.63) is 59.8 Å². The Morgan fingerprint density at radius 3 is 2.91 bits per heavy atom.